The Hall–Kier alpha value is -4.12. The number of hydrogen-bond acceptors (Lipinski definition) is 3. The molecule has 4 rings (SSSR count). The van der Waals surface area contributed by atoms with Crippen LogP contribution < -0.4 is 4.74 Å². The van der Waals surface area contributed by atoms with E-state index in [0.29, 0.717) is 34.3 Å². The maximum atomic E-state index is 12.0. The van der Waals surface area contributed by atoms with Gasteiger partial charge in [0.2, 0.25) is 0 Å². The lowest BCUT2D eigenvalue weighted by Crippen LogP contribution is -2.10. The SMILES string of the molecule is O=C(O)c1cc2cc(OCc3ccccc3)ccc2c(-c2ccccc2)c1C(=O)O. The molecule has 148 valence electrons. The zero-order valence-electron chi connectivity index (χ0n) is 15.9. The molecule has 4 aromatic carbocycles. The van der Waals surface area contributed by atoms with Crippen molar-refractivity contribution < 1.29 is 24.5 Å². The number of carboxylic acids is 2. The Labute approximate surface area is 172 Å². The van der Waals surface area contributed by atoms with Crippen molar-refractivity contribution in [3.8, 4) is 16.9 Å². The summed E-state index contributed by atoms with van der Waals surface area (Å²) >= 11 is 0. The predicted molar refractivity (Wildman–Crippen MR) is 114 cm³/mol. The molecule has 0 aliphatic heterocycles. The van der Waals surface area contributed by atoms with Gasteiger partial charge in [-0.05, 0) is 40.1 Å². The first-order valence-electron chi connectivity index (χ1n) is 9.34. The Morgan fingerprint density at radius 1 is 0.767 bits per heavy atom. The summed E-state index contributed by atoms with van der Waals surface area (Å²) < 4.78 is 5.86. The third-order valence-electron chi connectivity index (χ3n) is 4.87. The minimum Gasteiger partial charge on any atom is -0.489 e. The van der Waals surface area contributed by atoms with Crippen molar-refractivity contribution in [2.24, 2.45) is 0 Å². The van der Waals surface area contributed by atoms with Gasteiger partial charge in [0.05, 0.1) is 11.1 Å². The van der Waals surface area contributed by atoms with Crippen molar-refractivity contribution in [2.45, 2.75) is 6.61 Å². The van der Waals surface area contributed by atoms with E-state index in [-0.39, 0.29) is 11.1 Å². The molecule has 0 aromatic heterocycles. The molecular formula is C25H18O5. The third kappa shape index (κ3) is 3.73. The number of carboxylic acid groups (broad SMARTS) is 2. The van der Waals surface area contributed by atoms with Gasteiger partial charge in [-0.25, -0.2) is 9.59 Å². The van der Waals surface area contributed by atoms with Crippen LogP contribution in [0.25, 0.3) is 21.9 Å². The molecule has 0 bridgehead atoms. The van der Waals surface area contributed by atoms with Crippen molar-refractivity contribution in [1.29, 1.82) is 0 Å². The van der Waals surface area contributed by atoms with Crippen molar-refractivity contribution in [3.63, 3.8) is 0 Å². The standard InChI is InChI=1S/C25H18O5/c26-24(27)21-14-18-13-19(30-15-16-7-3-1-4-8-16)11-12-20(18)22(23(21)25(28)29)17-9-5-2-6-10-17/h1-14H,15H2,(H,26,27)(H,28,29). The summed E-state index contributed by atoms with van der Waals surface area (Å²) in [6, 6.07) is 25.3. The average Bonchev–Trinajstić information content (AvgIpc) is 2.77. The minimum atomic E-state index is -1.29. The lowest BCUT2D eigenvalue weighted by atomic mass is 9.89. The van der Waals surface area contributed by atoms with Crippen LogP contribution in [-0.2, 0) is 6.61 Å². The molecule has 0 radical (unpaired) electrons. The Morgan fingerprint density at radius 3 is 2.07 bits per heavy atom. The topological polar surface area (TPSA) is 83.8 Å². The Morgan fingerprint density at radius 2 is 1.43 bits per heavy atom. The fourth-order valence-corrected chi connectivity index (χ4v) is 3.51. The Kier molecular flexibility index (Phi) is 5.18. The highest BCUT2D eigenvalue weighted by atomic mass is 16.5. The third-order valence-corrected chi connectivity index (χ3v) is 4.87. The summed E-state index contributed by atoms with van der Waals surface area (Å²) in [4.78, 5) is 23.9. The second kappa shape index (κ2) is 8.09. The van der Waals surface area contributed by atoms with Crippen LogP contribution in [0, 0.1) is 0 Å². The van der Waals surface area contributed by atoms with Gasteiger partial charge in [0.1, 0.15) is 12.4 Å². The van der Waals surface area contributed by atoms with Crippen LogP contribution in [0.3, 0.4) is 0 Å². The molecule has 0 amide bonds. The number of rotatable bonds is 6. The molecule has 0 spiro atoms. The maximum absolute atomic E-state index is 12.0. The summed E-state index contributed by atoms with van der Waals surface area (Å²) in [6.45, 7) is 0.372. The quantitative estimate of drug-likeness (QED) is 0.449. The molecule has 0 saturated heterocycles. The van der Waals surface area contributed by atoms with E-state index >= 15 is 0 Å². The van der Waals surface area contributed by atoms with Gasteiger partial charge in [0.25, 0.3) is 0 Å². The summed E-state index contributed by atoms with van der Waals surface area (Å²) in [5, 5.41) is 20.7. The zero-order chi connectivity index (χ0) is 21.1. The average molecular weight is 398 g/mol. The number of benzene rings is 4. The van der Waals surface area contributed by atoms with Crippen LogP contribution in [0.15, 0.2) is 84.9 Å². The molecule has 0 saturated carbocycles. The van der Waals surface area contributed by atoms with E-state index in [9.17, 15) is 19.8 Å². The molecule has 2 N–H and O–H groups in total. The van der Waals surface area contributed by atoms with Crippen molar-refractivity contribution in [2.75, 3.05) is 0 Å². The highest BCUT2D eigenvalue weighted by Crippen LogP contribution is 2.36. The number of aromatic carboxylic acids is 2. The van der Waals surface area contributed by atoms with E-state index in [1.807, 2.05) is 36.4 Å². The van der Waals surface area contributed by atoms with Gasteiger partial charge in [-0.2, -0.15) is 0 Å². The summed E-state index contributed by atoms with van der Waals surface area (Å²) in [5.41, 5.74) is 1.55. The van der Waals surface area contributed by atoms with Gasteiger partial charge in [-0.3, -0.25) is 0 Å². The van der Waals surface area contributed by atoms with Crippen LogP contribution in [-0.4, -0.2) is 22.2 Å². The molecule has 0 atom stereocenters. The van der Waals surface area contributed by atoms with Crippen LogP contribution >= 0.6 is 0 Å². The van der Waals surface area contributed by atoms with Crippen molar-refractivity contribution in [3.05, 3.63) is 102 Å². The first-order chi connectivity index (χ1) is 14.5. The zero-order valence-corrected chi connectivity index (χ0v) is 15.9. The van der Waals surface area contributed by atoms with Gasteiger partial charge in [0.15, 0.2) is 0 Å². The van der Waals surface area contributed by atoms with Crippen LogP contribution in [0.2, 0.25) is 0 Å². The van der Waals surface area contributed by atoms with Crippen molar-refractivity contribution in [1.82, 2.24) is 0 Å². The van der Waals surface area contributed by atoms with Gasteiger partial charge >= 0.3 is 11.9 Å². The maximum Gasteiger partial charge on any atom is 0.337 e. The van der Waals surface area contributed by atoms with Gasteiger partial charge in [-0.15, -0.1) is 0 Å². The summed E-state index contributed by atoms with van der Waals surface area (Å²) in [7, 11) is 0. The molecular weight excluding hydrogens is 380 g/mol. The monoisotopic (exact) mass is 398 g/mol. The highest BCUT2D eigenvalue weighted by Gasteiger charge is 2.24. The molecule has 0 aliphatic carbocycles. The number of ether oxygens (including phenoxy) is 1. The smallest absolute Gasteiger partial charge is 0.337 e. The molecule has 0 fully saturated rings. The summed E-state index contributed by atoms with van der Waals surface area (Å²) in [6.07, 6.45) is 0. The second-order valence-electron chi connectivity index (χ2n) is 6.81. The van der Waals surface area contributed by atoms with Gasteiger partial charge in [-0.1, -0.05) is 66.7 Å². The van der Waals surface area contributed by atoms with E-state index in [2.05, 4.69) is 0 Å². The first-order valence-corrected chi connectivity index (χ1v) is 9.34. The van der Waals surface area contributed by atoms with E-state index in [4.69, 9.17) is 4.74 Å². The van der Waals surface area contributed by atoms with Crippen LogP contribution in [0.5, 0.6) is 5.75 Å². The number of hydrogen-bond donors (Lipinski definition) is 2. The Balaban J connectivity index is 1.87. The van der Waals surface area contributed by atoms with E-state index in [0.717, 1.165) is 5.56 Å². The predicted octanol–water partition coefficient (Wildman–Crippen LogP) is 5.48. The van der Waals surface area contributed by atoms with E-state index in [1.165, 1.54) is 6.07 Å². The van der Waals surface area contributed by atoms with Gasteiger partial charge in [0, 0.05) is 5.56 Å². The number of carbonyl (C=O) groups is 2. The van der Waals surface area contributed by atoms with E-state index in [1.54, 1.807) is 42.5 Å². The second-order valence-corrected chi connectivity index (χ2v) is 6.81. The molecule has 0 heterocycles. The van der Waals surface area contributed by atoms with Crippen LogP contribution in [0.1, 0.15) is 26.3 Å². The fraction of sp³-hybridized carbons (Fsp3) is 0.0400. The minimum absolute atomic E-state index is 0.223. The van der Waals surface area contributed by atoms with Crippen LogP contribution in [0.4, 0.5) is 0 Å². The molecule has 0 aliphatic rings. The van der Waals surface area contributed by atoms with Gasteiger partial charge < -0.3 is 14.9 Å². The normalized spacial score (nSPS) is 10.7. The fourth-order valence-electron chi connectivity index (χ4n) is 3.51. The molecule has 5 nitrogen and oxygen atoms in total. The molecule has 0 unspecified atom stereocenters. The summed E-state index contributed by atoms with van der Waals surface area (Å²) in [5.74, 6) is -2.00. The lowest BCUT2D eigenvalue weighted by molar-refractivity contribution is 0.0652. The molecule has 5 heteroatoms. The highest BCUT2D eigenvalue weighted by molar-refractivity contribution is 6.14. The lowest BCUT2D eigenvalue weighted by Gasteiger charge is -2.15. The largest absolute Gasteiger partial charge is 0.489 e. The molecule has 30 heavy (non-hydrogen) atoms. The number of fused-ring (bicyclic) bond motifs is 1. The molecule has 4 aromatic rings. The van der Waals surface area contributed by atoms with Crippen molar-refractivity contribution >= 4 is 22.7 Å². The Bertz CT molecular complexity index is 1230. The first kappa shape index (κ1) is 19.2. The van der Waals surface area contributed by atoms with E-state index < -0.39 is 11.9 Å².